The van der Waals surface area contributed by atoms with Gasteiger partial charge in [0, 0.05) is 0 Å². The van der Waals surface area contributed by atoms with E-state index in [4.69, 9.17) is 15.5 Å². The van der Waals surface area contributed by atoms with Gasteiger partial charge in [-0.1, -0.05) is 0 Å². The highest BCUT2D eigenvalue weighted by Gasteiger charge is 1.97. The molecule has 0 heterocycles. The van der Waals surface area contributed by atoms with E-state index in [1.807, 2.05) is 0 Å². The van der Waals surface area contributed by atoms with Gasteiger partial charge in [-0.3, -0.25) is 0 Å². The molecule has 0 aliphatic heterocycles. The van der Waals surface area contributed by atoms with Crippen molar-refractivity contribution in [2.24, 2.45) is 0 Å². The van der Waals surface area contributed by atoms with Crippen LogP contribution in [-0.2, 0) is 4.74 Å². The highest BCUT2D eigenvalue weighted by Crippen LogP contribution is 1.76. The Balaban J connectivity index is 2.79. The SMILES string of the molecule is N#[N+]CCOCC[N+]#N. The number of rotatable bonds is 4. The van der Waals surface area contributed by atoms with Crippen molar-refractivity contribution in [2.45, 2.75) is 0 Å². The molecule has 0 aliphatic rings. The van der Waals surface area contributed by atoms with Crippen LogP contribution < -0.4 is 0 Å². The molecule has 0 rings (SSSR count). The van der Waals surface area contributed by atoms with Gasteiger partial charge in [0.15, 0.2) is 0 Å². The second-order valence-electron chi connectivity index (χ2n) is 1.34. The molecular formula is C4H8N4O+2. The standard InChI is InChI=1S/C4H8N4O/c5-7-1-3-9-4-2-8-6/h1-4H2/q+2. The lowest BCUT2D eigenvalue weighted by Gasteiger charge is -1.84. The predicted molar refractivity (Wildman–Crippen MR) is 30.7 cm³/mol. The summed E-state index contributed by atoms with van der Waals surface area (Å²) in [4.78, 5) is 5.63. The minimum Gasteiger partial charge on any atom is -0.365 e. The summed E-state index contributed by atoms with van der Waals surface area (Å²) in [5.41, 5.74) is 0. The average Bonchev–Trinajstić information content (AvgIpc) is 1.89. The van der Waals surface area contributed by atoms with Gasteiger partial charge in [0.2, 0.25) is 10.8 Å². The van der Waals surface area contributed by atoms with E-state index in [0.29, 0.717) is 13.2 Å². The molecular weight excluding hydrogens is 120 g/mol. The van der Waals surface area contributed by atoms with E-state index in [1.165, 1.54) is 0 Å². The zero-order valence-electron chi connectivity index (χ0n) is 5.03. The number of diazo groups is 2. The molecule has 0 unspecified atom stereocenters. The zero-order valence-corrected chi connectivity index (χ0v) is 5.03. The van der Waals surface area contributed by atoms with Gasteiger partial charge in [-0.25, -0.2) is 0 Å². The van der Waals surface area contributed by atoms with E-state index in [9.17, 15) is 0 Å². The Morgan fingerprint density at radius 3 is 1.78 bits per heavy atom. The van der Waals surface area contributed by atoms with E-state index in [-0.39, 0.29) is 13.1 Å². The Labute approximate surface area is 52.9 Å². The van der Waals surface area contributed by atoms with Crippen LogP contribution in [0.3, 0.4) is 0 Å². The zero-order chi connectivity index (χ0) is 6.95. The first kappa shape index (κ1) is 7.80. The molecule has 0 aromatic carbocycles. The number of nitrogens with zero attached hydrogens (tertiary/aromatic N) is 4. The first-order valence-electron chi connectivity index (χ1n) is 2.61. The molecule has 0 N–H and O–H groups in total. The lowest BCUT2D eigenvalue weighted by atomic mass is 10.7. The molecule has 0 spiro atoms. The Kier molecular flexibility index (Phi) is 5.89. The summed E-state index contributed by atoms with van der Waals surface area (Å²) in [5.74, 6) is 0. The summed E-state index contributed by atoms with van der Waals surface area (Å²) >= 11 is 0. The molecule has 0 amide bonds. The van der Waals surface area contributed by atoms with Crippen LogP contribution in [0.1, 0.15) is 0 Å². The largest absolute Gasteiger partial charge is 0.365 e. The molecule has 0 aliphatic carbocycles. The van der Waals surface area contributed by atoms with Crippen molar-refractivity contribution in [1.82, 2.24) is 0 Å². The summed E-state index contributed by atoms with van der Waals surface area (Å²) in [6.07, 6.45) is 0. The minimum absolute atomic E-state index is 0.269. The van der Waals surface area contributed by atoms with Gasteiger partial charge in [-0.05, 0) is 0 Å². The van der Waals surface area contributed by atoms with E-state index >= 15 is 0 Å². The summed E-state index contributed by atoms with van der Waals surface area (Å²) in [7, 11) is 0. The Morgan fingerprint density at radius 2 is 1.44 bits per heavy atom. The van der Waals surface area contributed by atoms with Gasteiger partial charge >= 0.3 is 13.1 Å². The van der Waals surface area contributed by atoms with E-state index < -0.39 is 0 Å². The third kappa shape index (κ3) is 6.80. The quantitative estimate of drug-likeness (QED) is 0.413. The summed E-state index contributed by atoms with van der Waals surface area (Å²) in [6.45, 7) is 1.27. The number of hydrogen-bond acceptors (Lipinski definition) is 3. The first-order chi connectivity index (χ1) is 4.41. The highest BCUT2D eigenvalue weighted by atomic mass is 16.5. The molecule has 0 fully saturated rings. The number of hydrogen-bond donors (Lipinski definition) is 0. The van der Waals surface area contributed by atoms with Crippen LogP contribution in [0.2, 0.25) is 0 Å². The Morgan fingerprint density at radius 1 is 1.00 bits per heavy atom. The number of ether oxygens (including phenoxy) is 1. The maximum atomic E-state index is 7.89. The molecule has 5 nitrogen and oxygen atoms in total. The fourth-order valence-electron chi connectivity index (χ4n) is 0.313. The van der Waals surface area contributed by atoms with E-state index in [2.05, 4.69) is 9.95 Å². The normalized spacial score (nSPS) is 7.78. The summed E-state index contributed by atoms with van der Waals surface area (Å²) in [6, 6.07) is 0. The van der Waals surface area contributed by atoms with E-state index in [0.717, 1.165) is 0 Å². The molecule has 48 valence electrons. The summed E-state index contributed by atoms with van der Waals surface area (Å²) in [5, 5.41) is 15.8. The van der Waals surface area contributed by atoms with Gasteiger partial charge in [0.05, 0.1) is 0 Å². The van der Waals surface area contributed by atoms with Crippen LogP contribution in [0.25, 0.3) is 9.95 Å². The van der Waals surface area contributed by atoms with Crippen molar-refractivity contribution in [3.63, 3.8) is 0 Å². The molecule has 0 saturated carbocycles. The lowest BCUT2D eigenvalue weighted by molar-refractivity contribution is 0.157. The molecule has 0 atom stereocenters. The van der Waals surface area contributed by atoms with E-state index in [1.54, 1.807) is 0 Å². The second kappa shape index (κ2) is 6.80. The topological polar surface area (TPSA) is 65.5 Å². The molecule has 5 heteroatoms. The molecule has 0 saturated heterocycles. The summed E-state index contributed by atoms with van der Waals surface area (Å²) < 4.78 is 4.81. The van der Waals surface area contributed by atoms with Crippen LogP contribution in [0.15, 0.2) is 0 Å². The Hall–Kier alpha value is -1.20. The maximum absolute atomic E-state index is 7.89. The van der Waals surface area contributed by atoms with Crippen molar-refractivity contribution < 1.29 is 4.74 Å². The third-order valence-electron chi connectivity index (χ3n) is 0.671. The van der Waals surface area contributed by atoms with Gasteiger partial charge < -0.3 is 4.74 Å². The average molecular weight is 128 g/mol. The predicted octanol–water partition coefficient (Wildman–Crippen LogP) is 0.709. The van der Waals surface area contributed by atoms with Crippen molar-refractivity contribution in [1.29, 1.82) is 10.8 Å². The second-order valence-corrected chi connectivity index (χ2v) is 1.34. The van der Waals surface area contributed by atoms with Gasteiger partial charge in [-0.2, -0.15) is 0 Å². The van der Waals surface area contributed by atoms with Crippen LogP contribution in [0.5, 0.6) is 0 Å². The minimum atomic E-state index is 0.269. The van der Waals surface area contributed by atoms with Crippen LogP contribution >= 0.6 is 0 Å². The van der Waals surface area contributed by atoms with Crippen LogP contribution in [0, 0.1) is 10.8 Å². The van der Waals surface area contributed by atoms with Crippen LogP contribution in [0.4, 0.5) is 0 Å². The molecule has 9 heavy (non-hydrogen) atoms. The smallest absolute Gasteiger partial charge is 0.328 e. The maximum Gasteiger partial charge on any atom is 0.328 e. The molecule has 0 radical (unpaired) electrons. The van der Waals surface area contributed by atoms with Gasteiger partial charge in [-0.15, -0.1) is 0 Å². The fourth-order valence-corrected chi connectivity index (χ4v) is 0.313. The van der Waals surface area contributed by atoms with Crippen LogP contribution in [-0.4, -0.2) is 26.3 Å². The molecule has 0 bridgehead atoms. The fraction of sp³-hybridized carbons (Fsp3) is 1.00. The highest BCUT2D eigenvalue weighted by molar-refractivity contribution is 4.54. The van der Waals surface area contributed by atoms with Crippen molar-refractivity contribution in [2.75, 3.05) is 26.3 Å². The van der Waals surface area contributed by atoms with Crippen molar-refractivity contribution in [3.8, 4) is 0 Å². The third-order valence-corrected chi connectivity index (χ3v) is 0.671. The van der Waals surface area contributed by atoms with Gasteiger partial charge in [0.25, 0.3) is 0 Å². The monoisotopic (exact) mass is 128 g/mol. The Bertz CT molecular complexity index is 116. The first-order valence-corrected chi connectivity index (χ1v) is 2.61. The van der Waals surface area contributed by atoms with Crippen molar-refractivity contribution in [3.05, 3.63) is 9.95 Å². The molecule has 0 aromatic heterocycles. The lowest BCUT2D eigenvalue weighted by Crippen LogP contribution is -2.00. The van der Waals surface area contributed by atoms with Gasteiger partial charge in [0.1, 0.15) is 23.2 Å². The molecule has 0 aromatic rings. The van der Waals surface area contributed by atoms with Crippen molar-refractivity contribution >= 4 is 0 Å².